The largest absolute Gasteiger partial charge is 0.534 e. The maximum Gasteiger partial charge on any atom is 0.534 e. The Morgan fingerprint density at radius 3 is 1.46 bits per heavy atom. The van der Waals surface area contributed by atoms with Crippen molar-refractivity contribution in [3.63, 3.8) is 0 Å². The number of rotatable bonds is 4. The van der Waals surface area contributed by atoms with E-state index >= 15 is 0 Å². The lowest BCUT2D eigenvalue weighted by Crippen LogP contribution is -2.04. The van der Waals surface area contributed by atoms with E-state index in [-0.39, 0.29) is 12.3 Å². The standard InChI is InChI=1S/HN2O8P.2H3N/c3-1(4)9-11(7,8)10-2(5)6;;/h(H,7,8);2*1H3. The molecule has 13 heteroatoms. The molecule has 0 aliphatic rings. The summed E-state index contributed by atoms with van der Waals surface area (Å²) in [4.78, 5) is 26.8. The third-order valence-electron chi connectivity index (χ3n) is 0.340. The summed E-state index contributed by atoms with van der Waals surface area (Å²) >= 11 is 0. The Bertz CT molecular complexity index is 202. The fourth-order valence-corrected chi connectivity index (χ4v) is 0.550. The molecule has 0 aliphatic heterocycles. The zero-order chi connectivity index (χ0) is 9.07. The van der Waals surface area contributed by atoms with E-state index in [1.807, 2.05) is 0 Å². The monoisotopic (exact) mass is 222 g/mol. The van der Waals surface area contributed by atoms with Gasteiger partial charge in [-0.05, 0) is 0 Å². The van der Waals surface area contributed by atoms with Crippen LogP contribution in [0.5, 0.6) is 0 Å². The van der Waals surface area contributed by atoms with Crippen LogP contribution < -0.4 is 12.3 Å². The highest BCUT2D eigenvalue weighted by Gasteiger charge is 2.28. The fourth-order valence-electron chi connectivity index (χ4n) is 0.183. The molecule has 0 aliphatic carbocycles. The van der Waals surface area contributed by atoms with Crippen molar-refractivity contribution >= 4 is 7.82 Å². The van der Waals surface area contributed by atoms with Gasteiger partial charge in [0.1, 0.15) is 0 Å². The summed E-state index contributed by atoms with van der Waals surface area (Å²) in [6.07, 6.45) is 0. The average molecular weight is 222 g/mol. The van der Waals surface area contributed by atoms with Crippen LogP contribution >= 0.6 is 7.82 Å². The lowest BCUT2D eigenvalue weighted by molar-refractivity contribution is -0.753. The molecule has 0 atom stereocenters. The van der Waals surface area contributed by atoms with Gasteiger partial charge in [-0.15, -0.1) is 20.2 Å². The van der Waals surface area contributed by atoms with E-state index in [9.17, 15) is 24.8 Å². The SMILES string of the molecule is N.N.O=[N+]([O-])OP(=O)(O)O[N+](=O)[O-]. The first-order valence-corrected chi connectivity index (χ1v) is 3.34. The molecule has 0 heterocycles. The number of phosphoric acid groups is 1. The number of nitrogens with zero attached hydrogens (tertiary/aromatic N) is 2. The van der Waals surface area contributed by atoms with Crippen LogP contribution in [0.1, 0.15) is 0 Å². The maximum atomic E-state index is 10.1. The Hall–Kier alpha value is -1.49. The van der Waals surface area contributed by atoms with Crippen LogP contribution in [0, 0.1) is 20.2 Å². The maximum absolute atomic E-state index is 10.1. The number of hydrogen-bond acceptors (Lipinski definition) is 9. The van der Waals surface area contributed by atoms with Gasteiger partial charge in [0.2, 0.25) is 0 Å². The molecule has 0 amide bonds. The molecular weight excluding hydrogens is 215 g/mol. The smallest absolute Gasteiger partial charge is 0.344 e. The summed E-state index contributed by atoms with van der Waals surface area (Å²) in [6, 6.07) is 0. The van der Waals surface area contributed by atoms with E-state index < -0.39 is 18.0 Å². The first-order chi connectivity index (χ1) is 4.83. The Morgan fingerprint density at radius 1 is 1.08 bits per heavy atom. The molecule has 0 saturated heterocycles. The molecule has 0 radical (unpaired) electrons. The topological polar surface area (TPSA) is 212 Å². The first kappa shape index (κ1) is 17.6. The minimum Gasteiger partial charge on any atom is -0.344 e. The lowest BCUT2D eigenvalue weighted by Gasteiger charge is -2.02. The van der Waals surface area contributed by atoms with Gasteiger partial charge in [-0.1, -0.05) is 0 Å². The summed E-state index contributed by atoms with van der Waals surface area (Å²) in [7, 11) is -5.20. The molecule has 7 N–H and O–H groups in total. The molecule has 0 spiro atoms. The molecular formula is H7N4O8P. The van der Waals surface area contributed by atoms with Gasteiger partial charge in [-0.25, -0.2) is 4.57 Å². The van der Waals surface area contributed by atoms with Crippen LogP contribution in [-0.2, 0) is 13.8 Å². The van der Waals surface area contributed by atoms with Gasteiger partial charge >= 0.3 is 18.0 Å². The fraction of sp³-hybridized carbons (Fsp3) is 0. The molecule has 12 nitrogen and oxygen atoms in total. The van der Waals surface area contributed by atoms with Gasteiger partial charge in [0.05, 0.1) is 0 Å². The Kier molecular flexibility index (Phi) is 8.20. The highest BCUT2D eigenvalue weighted by atomic mass is 31.2. The zero-order valence-corrected chi connectivity index (χ0v) is 6.96. The molecule has 0 saturated carbocycles. The van der Waals surface area contributed by atoms with Crippen molar-refractivity contribution < 1.29 is 28.9 Å². The van der Waals surface area contributed by atoms with Gasteiger partial charge in [0.15, 0.2) is 0 Å². The van der Waals surface area contributed by atoms with Crippen LogP contribution in [0.15, 0.2) is 0 Å². The van der Waals surface area contributed by atoms with E-state index in [4.69, 9.17) is 4.89 Å². The summed E-state index contributed by atoms with van der Waals surface area (Å²) in [6.45, 7) is 0. The van der Waals surface area contributed by atoms with Gasteiger partial charge in [-0.2, -0.15) is 9.25 Å². The average Bonchev–Trinajstić information content (AvgIpc) is 1.53. The van der Waals surface area contributed by atoms with Crippen LogP contribution in [0.3, 0.4) is 0 Å². The van der Waals surface area contributed by atoms with Crippen molar-refractivity contribution in [3.8, 4) is 0 Å². The predicted octanol–water partition coefficient (Wildman–Crippen LogP) is -0.173. The quantitative estimate of drug-likeness (QED) is 0.324. The van der Waals surface area contributed by atoms with Crippen molar-refractivity contribution in [1.29, 1.82) is 0 Å². The molecule has 0 unspecified atom stereocenters. The second-order valence-electron chi connectivity index (χ2n) is 1.08. The predicted molar refractivity (Wildman–Crippen MR) is 36.0 cm³/mol. The second-order valence-corrected chi connectivity index (χ2v) is 2.34. The Morgan fingerprint density at radius 2 is 1.31 bits per heavy atom. The molecule has 0 aromatic carbocycles. The summed E-state index contributed by atoms with van der Waals surface area (Å²) < 4.78 is 15.9. The summed E-state index contributed by atoms with van der Waals surface area (Å²) in [5, 5.41) is 15.3. The molecule has 0 rings (SSSR count). The third kappa shape index (κ3) is 10.5. The van der Waals surface area contributed by atoms with E-state index in [0.717, 1.165) is 0 Å². The molecule has 0 fully saturated rings. The van der Waals surface area contributed by atoms with Crippen molar-refractivity contribution in [2.24, 2.45) is 0 Å². The van der Waals surface area contributed by atoms with Crippen LogP contribution in [-0.4, -0.2) is 15.1 Å². The highest BCUT2D eigenvalue weighted by Crippen LogP contribution is 2.42. The lowest BCUT2D eigenvalue weighted by atomic mass is 13.1. The van der Waals surface area contributed by atoms with Gasteiger partial charge in [0, 0.05) is 0 Å². The molecule has 13 heavy (non-hydrogen) atoms. The van der Waals surface area contributed by atoms with E-state index in [2.05, 4.69) is 9.25 Å². The van der Waals surface area contributed by atoms with E-state index in [1.54, 1.807) is 0 Å². The van der Waals surface area contributed by atoms with Crippen LogP contribution in [0.25, 0.3) is 0 Å². The number of hydrogen-bond donors (Lipinski definition) is 3. The minimum absolute atomic E-state index is 0. The van der Waals surface area contributed by atoms with Crippen LogP contribution in [0.2, 0.25) is 0 Å². The normalized spacial score (nSPS) is 8.69. The first-order valence-electron chi connectivity index (χ1n) is 1.84. The minimum atomic E-state index is -5.20. The van der Waals surface area contributed by atoms with Gasteiger partial charge < -0.3 is 17.2 Å². The summed E-state index contributed by atoms with van der Waals surface area (Å²) in [5.41, 5.74) is 0. The second kappa shape index (κ2) is 6.07. The molecule has 0 aromatic rings. The summed E-state index contributed by atoms with van der Waals surface area (Å²) in [5.74, 6) is 0. The van der Waals surface area contributed by atoms with Gasteiger partial charge in [-0.3, -0.25) is 0 Å². The van der Waals surface area contributed by atoms with Gasteiger partial charge in [0.25, 0.3) is 0 Å². The highest BCUT2D eigenvalue weighted by molar-refractivity contribution is 7.47. The third-order valence-corrected chi connectivity index (χ3v) is 1.02. The zero-order valence-electron chi connectivity index (χ0n) is 6.06. The van der Waals surface area contributed by atoms with Crippen molar-refractivity contribution in [2.45, 2.75) is 0 Å². The van der Waals surface area contributed by atoms with Crippen molar-refractivity contribution in [2.75, 3.05) is 0 Å². The Labute approximate surface area is 70.4 Å². The van der Waals surface area contributed by atoms with E-state index in [1.165, 1.54) is 0 Å². The molecule has 80 valence electrons. The van der Waals surface area contributed by atoms with E-state index in [0.29, 0.717) is 0 Å². The van der Waals surface area contributed by atoms with Crippen molar-refractivity contribution in [1.82, 2.24) is 12.3 Å². The molecule has 0 aromatic heterocycles. The van der Waals surface area contributed by atoms with Crippen LogP contribution in [0.4, 0.5) is 0 Å². The Balaban J connectivity index is -0.000000500. The van der Waals surface area contributed by atoms with Crippen molar-refractivity contribution in [3.05, 3.63) is 20.2 Å². The molecule has 0 bridgehead atoms.